The van der Waals surface area contributed by atoms with Crippen molar-refractivity contribution in [2.75, 3.05) is 25.5 Å². The average Bonchev–Trinajstić information content (AvgIpc) is 2.84. The Morgan fingerprint density at radius 3 is 2.78 bits per heavy atom. The minimum atomic E-state index is -0.0510. The highest BCUT2D eigenvalue weighted by Gasteiger charge is 2.24. The van der Waals surface area contributed by atoms with Gasteiger partial charge in [0.25, 0.3) is 0 Å². The van der Waals surface area contributed by atoms with Crippen LogP contribution in [0.1, 0.15) is 18.4 Å². The third-order valence-electron chi connectivity index (χ3n) is 5.51. The lowest BCUT2D eigenvalue weighted by Gasteiger charge is -2.31. The van der Waals surface area contributed by atoms with Gasteiger partial charge in [0.2, 0.25) is 5.91 Å². The first-order chi connectivity index (χ1) is 15.6. The SMILES string of the molecule is C=CC(=O)N1CCC(Oc2cc3c(Nc4cccc(CO)c4)ncnc3cc2OC)CC1. The van der Waals surface area contributed by atoms with Gasteiger partial charge in [-0.3, -0.25) is 4.79 Å². The van der Waals surface area contributed by atoms with Crippen molar-refractivity contribution >= 4 is 28.3 Å². The molecule has 2 heterocycles. The predicted octanol–water partition coefficient (Wildman–Crippen LogP) is 3.43. The van der Waals surface area contributed by atoms with E-state index in [1.807, 2.05) is 36.4 Å². The number of nitrogens with one attached hydrogen (secondary N) is 1. The highest BCUT2D eigenvalue weighted by Crippen LogP contribution is 2.36. The maximum atomic E-state index is 11.8. The van der Waals surface area contributed by atoms with E-state index in [9.17, 15) is 9.90 Å². The van der Waals surface area contributed by atoms with Crippen LogP contribution in [0.3, 0.4) is 0 Å². The zero-order chi connectivity index (χ0) is 22.5. The van der Waals surface area contributed by atoms with E-state index in [0.717, 1.165) is 35.0 Å². The maximum Gasteiger partial charge on any atom is 0.245 e. The topological polar surface area (TPSA) is 96.8 Å². The van der Waals surface area contributed by atoms with Crippen LogP contribution >= 0.6 is 0 Å². The van der Waals surface area contributed by atoms with Crippen molar-refractivity contribution in [3.8, 4) is 11.5 Å². The predicted molar refractivity (Wildman–Crippen MR) is 122 cm³/mol. The number of fused-ring (bicyclic) bond motifs is 1. The summed E-state index contributed by atoms with van der Waals surface area (Å²) in [6, 6.07) is 11.2. The summed E-state index contributed by atoms with van der Waals surface area (Å²) in [4.78, 5) is 22.4. The molecule has 0 spiro atoms. The highest BCUT2D eigenvalue weighted by atomic mass is 16.5. The van der Waals surface area contributed by atoms with E-state index in [2.05, 4.69) is 21.9 Å². The second kappa shape index (κ2) is 9.65. The summed E-state index contributed by atoms with van der Waals surface area (Å²) in [7, 11) is 1.60. The molecule has 0 unspecified atom stereocenters. The number of benzene rings is 2. The van der Waals surface area contributed by atoms with Crippen molar-refractivity contribution in [2.45, 2.75) is 25.6 Å². The molecule has 166 valence electrons. The van der Waals surface area contributed by atoms with Gasteiger partial charge >= 0.3 is 0 Å². The highest BCUT2D eigenvalue weighted by molar-refractivity contribution is 5.93. The summed E-state index contributed by atoms with van der Waals surface area (Å²) in [6.07, 6.45) is 4.26. The molecule has 0 aliphatic carbocycles. The number of nitrogens with zero attached hydrogens (tertiary/aromatic N) is 3. The van der Waals surface area contributed by atoms with Crippen molar-refractivity contribution in [3.63, 3.8) is 0 Å². The van der Waals surface area contributed by atoms with Crippen LogP contribution in [0.2, 0.25) is 0 Å². The minimum absolute atomic E-state index is 0.0301. The first-order valence-corrected chi connectivity index (χ1v) is 10.5. The van der Waals surface area contributed by atoms with Crippen LogP contribution in [0.5, 0.6) is 11.5 Å². The lowest BCUT2D eigenvalue weighted by molar-refractivity contribution is -0.127. The number of likely N-dealkylation sites (tertiary alicyclic amines) is 1. The van der Waals surface area contributed by atoms with Crippen LogP contribution in [-0.2, 0) is 11.4 Å². The van der Waals surface area contributed by atoms with Crippen LogP contribution in [0.15, 0.2) is 55.4 Å². The molecule has 1 aromatic heterocycles. The number of amides is 1. The van der Waals surface area contributed by atoms with Crippen LogP contribution in [-0.4, -0.2) is 52.2 Å². The molecular formula is C24H26N4O4. The number of aromatic nitrogens is 2. The number of aliphatic hydroxyl groups is 1. The van der Waals surface area contributed by atoms with Gasteiger partial charge in [0.05, 0.1) is 19.2 Å². The Balaban J connectivity index is 1.59. The first kappa shape index (κ1) is 21.6. The van der Waals surface area contributed by atoms with Crippen molar-refractivity contribution in [3.05, 3.63) is 60.9 Å². The number of carbonyl (C=O) groups is 1. The van der Waals surface area contributed by atoms with Gasteiger partial charge in [0.15, 0.2) is 11.5 Å². The summed E-state index contributed by atoms with van der Waals surface area (Å²) in [6.45, 7) is 4.77. The molecule has 2 N–H and O–H groups in total. The fraction of sp³-hybridized carbons (Fsp3) is 0.292. The Morgan fingerprint density at radius 2 is 2.06 bits per heavy atom. The molecule has 0 bridgehead atoms. The molecule has 1 aliphatic heterocycles. The van der Waals surface area contributed by atoms with Crippen molar-refractivity contribution in [1.82, 2.24) is 14.9 Å². The normalized spacial score (nSPS) is 14.2. The van der Waals surface area contributed by atoms with Gasteiger partial charge in [0.1, 0.15) is 18.2 Å². The average molecular weight is 434 g/mol. The van der Waals surface area contributed by atoms with E-state index in [1.165, 1.54) is 12.4 Å². The largest absolute Gasteiger partial charge is 0.493 e. The quantitative estimate of drug-likeness (QED) is 0.550. The smallest absolute Gasteiger partial charge is 0.245 e. The summed E-state index contributed by atoms with van der Waals surface area (Å²) >= 11 is 0. The fourth-order valence-electron chi connectivity index (χ4n) is 3.80. The van der Waals surface area contributed by atoms with Crippen LogP contribution in [0, 0.1) is 0 Å². The Bertz CT molecular complexity index is 1130. The number of piperidine rings is 1. The van der Waals surface area contributed by atoms with Crippen LogP contribution < -0.4 is 14.8 Å². The molecule has 4 rings (SSSR count). The van der Waals surface area contributed by atoms with Crippen molar-refractivity contribution in [1.29, 1.82) is 0 Å². The molecular weight excluding hydrogens is 408 g/mol. The van der Waals surface area contributed by atoms with E-state index in [0.29, 0.717) is 30.4 Å². The Morgan fingerprint density at radius 1 is 1.25 bits per heavy atom. The third kappa shape index (κ3) is 4.65. The number of carbonyl (C=O) groups excluding carboxylic acids is 1. The van der Waals surface area contributed by atoms with Gasteiger partial charge in [-0.05, 0) is 29.8 Å². The lowest BCUT2D eigenvalue weighted by atomic mass is 10.1. The fourth-order valence-corrected chi connectivity index (χ4v) is 3.80. The van der Waals surface area contributed by atoms with E-state index in [-0.39, 0.29) is 18.6 Å². The van der Waals surface area contributed by atoms with Gasteiger partial charge < -0.3 is 24.8 Å². The third-order valence-corrected chi connectivity index (χ3v) is 5.51. The zero-order valence-electron chi connectivity index (χ0n) is 18.0. The molecule has 0 atom stereocenters. The standard InChI is InChI=1S/C24H26N4O4/c1-3-23(30)28-9-7-18(8-10-28)32-22-12-19-20(13-21(22)31-2)25-15-26-24(19)27-17-6-4-5-16(11-17)14-29/h3-6,11-13,15,18,29H,1,7-10,14H2,2H3,(H,25,26,27). The summed E-state index contributed by atoms with van der Waals surface area (Å²) < 4.78 is 11.8. The van der Waals surface area contributed by atoms with Gasteiger partial charge in [-0.25, -0.2) is 9.97 Å². The summed E-state index contributed by atoms with van der Waals surface area (Å²) in [5.41, 5.74) is 2.34. The van der Waals surface area contributed by atoms with Gasteiger partial charge in [-0.15, -0.1) is 0 Å². The molecule has 8 nitrogen and oxygen atoms in total. The van der Waals surface area contributed by atoms with Crippen LogP contribution in [0.25, 0.3) is 10.9 Å². The van der Waals surface area contributed by atoms with Gasteiger partial charge in [-0.2, -0.15) is 0 Å². The number of ether oxygens (including phenoxy) is 2. The first-order valence-electron chi connectivity index (χ1n) is 10.5. The Kier molecular flexibility index (Phi) is 6.51. The molecule has 32 heavy (non-hydrogen) atoms. The van der Waals surface area contributed by atoms with E-state index >= 15 is 0 Å². The molecule has 1 saturated heterocycles. The number of rotatable bonds is 7. The summed E-state index contributed by atoms with van der Waals surface area (Å²) in [5, 5.41) is 13.5. The molecule has 0 radical (unpaired) electrons. The molecule has 3 aromatic rings. The Hall–Kier alpha value is -3.65. The maximum absolute atomic E-state index is 11.8. The Labute approximate surface area is 186 Å². The number of hydrogen-bond acceptors (Lipinski definition) is 7. The molecule has 1 aliphatic rings. The van der Waals surface area contributed by atoms with E-state index in [1.54, 1.807) is 12.0 Å². The molecule has 2 aromatic carbocycles. The molecule has 0 saturated carbocycles. The lowest BCUT2D eigenvalue weighted by Crippen LogP contribution is -2.41. The number of aliphatic hydroxyl groups excluding tert-OH is 1. The zero-order valence-corrected chi connectivity index (χ0v) is 18.0. The second-order valence-corrected chi connectivity index (χ2v) is 7.57. The summed E-state index contributed by atoms with van der Waals surface area (Å²) in [5.74, 6) is 1.78. The molecule has 1 amide bonds. The monoisotopic (exact) mass is 434 g/mol. The minimum Gasteiger partial charge on any atom is -0.493 e. The molecule has 1 fully saturated rings. The molecule has 8 heteroatoms. The second-order valence-electron chi connectivity index (χ2n) is 7.57. The van der Waals surface area contributed by atoms with Crippen molar-refractivity contribution < 1.29 is 19.4 Å². The van der Waals surface area contributed by atoms with E-state index < -0.39 is 0 Å². The van der Waals surface area contributed by atoms with E-state index in [4.69, 9.17) is 9.47 Å². The number of hydrogen-bond donors (Lipinski definition) is 2. The van der Waals surface area contributed by atoms with Gasteiger partial charge in [-0.1, -0.05) is 18.7 Å². The van der Waals surface area contributed by atoms with Crippen molar-refractivity contribution in [2.24, 2.45) is 0 Å². The number of methoxy groups -OCH3 is 1. The van der Waals surface area contributed by atoms with Crippen LogP contribution in [0.4, 0.5) is 11.5 Å². The number of anilines is 2. The van der Waals surface area contributed by atoms with Gasteiger partial charge in [0, 0.05) is 43.1 Å².